The molecule has 0 unspecified atom stereocenters. The number of hydrogen-bond donors (Lipinski definition) is 1. The van der Waals surface area contributed by atoms with Crippen molar-refractivity contribution in [2.24, 2.45) is 0 Å². The van der Waals surface area contributed by atoms with Crippen LogP contribution in [0.2, 0.25) is 0 Å². The number of nitrogens with zero attached hydrogens (tertiary/aromatic N) is 1. The van der Waals surface area contributed by atoms with E-state index in [1.165, 1.54) is 38.4 Å². The van der Waals surface area contributed by atoms with Gasteiger partial charge in [0.2, 0.25) is 0 Å². The van der Waals surface area contributed by atoms with Crippen LogP contribution in [-0.2, 0) is 0 Å². The average molecular weight is 478 g/mol. The quantitative estimate of drug-likeness (QED) is 0.282. The Balaban J connectivity index is 1.41. The second kappa shape index (κ2) is 11.0. The van der Waals surface area contributed by atoms with Crippen LogP contribution in [0.15, 0.2) is 42.5 Å². The lowest BCUT2D eigenvalue weighted by Crippen LogP contribution is -2.31. The molecule has 2 aliphatic heterocycles. The van der Waals surface area contributed by atoms with Crippen molar-refractivity contribution in [1.82, 2.24) is 4.90 Å². The zero-order chi connectivity index (χ0) is 24.8. The van der Waals surface area contributed by atoms with Crippen LogP contribution in [0.5, 0.6) is 23.0 Å². The number of likely N-dealkylation sites (tertiary alicyclic amines) is 1. The fourth-order valence-corrected chi connectivity index (χ4v) is 4.46. The Labute approximate surface area is 207 Å². The minimum atomic E-state index is -0.452. The van der Waals surface area contributed by atoms with Gasteiger partial charge in [0.25, 0.3) is 0 Å². The van der Waals surface area contributed by atoms with E-state index in [0.717, 1.165) is 18.5 Å². The number of phenolic OH excluding ortho intramolecular Hbond substituents is 1. The number of aromatic hydroxyl groups is 1. The standard InChI is InChI=1S/C29H35NO5/c1-29(2)15-14-23-25(35-29)13-10-22(28(23)32)24(31)11-8-21-9-12-26(33-3)27(20-21)34-19-7-18-30-16-5-4-6-17-30/h8-15,20,32H,4-7,16-19H2,1-3H3/b11-8+. The van der Waals surface area contributed by atoms with Gasteiger partial charge in [0.15, 0.2) is 17.3 Å². The number of fused-ring (bicyclic) bond motifs is 1. The summed E-state index contributed by atoms with van der Waals surface area (Å²) in [5.41, 5.74) is 1.11. The van der Waals surface area contributed by atoms with Crippen LogP contribution in [0.4, 0.5) is 0 Å². The maximum absolute atomic E-state index is 12.8. The number of hydrogen-bond acceptors (Lipinski definition) is 6. The average Bonchev–Trinajstić information content (AvgIpc) is 2.85. The lowest BCUT2D eigenvalue weighted by Gasteiger charge is -2.28. The van der Waals surface area contributed by atoms with E-state index in [2.05, 4.69) is 4.90 Å². The Bertz CT molecular complexity index is 1110. The van der Waals surface area contributed by atoms with E-state index in [-0.39, 0.29) is 17.1 Å². The van der Waals surface area contributed by atoms with Gasteiger partial charge in [0.05, 0.1) is 24.8 Å². The molecule has 0 spiro atoms. The zero-order valence-electron chi connectivity index (χ0n) is 20.9. The summed E-state index contributed by atoms with van der Waals surface area (Å²) in [6.45, 7) is 7.88. The van der Waals surface area contributed by atoms with Gasteiger partial charge in [-0.1, -0.05) is 18.6 Å². The van der Waals surface area contributed by atoms with Crippen LogP contribution >= 0.6 is 0 Å². The Morgan fingerprint density at radius 3 is 2.71 bits per heavy atom. The molecule has 0 saturated carbocycles. The molecule has 2 aliphatic rings. The van der Waals surface area contributed by atoms with Gasteiger partial charge in [-0.3, -0.25) is 4.79 Å². The van der Waals surface area contributed by atoms with Gasteiger partial charge in [-0.15, -0.1) is 0 Å². The summed E-state index contributed by atoms with van der Waals surface area (Å²) >= 11 is 0. The van der Waals surface area contributed by atoms with Crippen molar-refractivity contribution in [1.29, 1.82) is 0 Å². The normalized spacial score (nSPS) is 17.1. The number of piperidine rings is 1. The molecule has 6 heteroatoms. The minimum Gasteiger partial charge on any atom is -0.506 e. The van der Waals surface area contributed by atoms with E-state index < -0.39 is 5.60 Å². The number of allylic oxidation sites excluding steroid dienone is 1. The molecule has 0 atom stereocenters. The highest BCUT2D eigenvalue weighted by Crippen LogP contribution is 2.38. The molecule has 35 heavy (non-hydrogen) atoms. The second-order valence-electron chi connectivity index (χ2n) is 9.62. The number of carbonyl (C=O) groups excluding carboxylic acids is 1. The van der Waals surface area contributed by atoms with Crippen LogP contribution in [0.3, 0.4) is 0 Å². The first-order chi connectivity index (χ1) is 16.9. The molecule has 0 aliphatic carbocycles. The maximum atomic E-state index is 12.8. The molecule has 2 aromatic carbocycles. The van der Waals surface area contributed by atoms with Crippen molar-refractivity contribution in [3.05, 3.63) is 59.2 Å². The molecular weight excluding hydrogens is 442 g/mol. The van der Waals surface area contributed by atoms with Gasteiger partial charge in [-0.2, -0.15) is 0 Å². The molecule has 0 amide bonds. The number of carbonyl (C=O) groups is 1. The minimum absolute atomic E-state index is 0.0728. The smallest absolute Gasteiger partial charge is 0.189 e. The van der Waals surface area contributed by atoms with Crippen molar-refractivity contribution in [3.63, 3.8) is 0 Å². The van der Waals surface area contributed by atoms with Gasteiger partial charge in [0.1, 0.15) is 17.1 Å². The summed E-state index contributed by atoms with van der Waals surface area (Å²) in [5, 5.41) is 10.7. The van der Waals surface area contributed by atoms with E-state index >= 15 is 0 Å². The van der Waals surface area contributed by atoms with Crippen molar-refractivity contribution < 1.29 is 24.1 Å². The van der Waals surface area contributed by atoms with E-state index in [4.69, 9.17) is 14.2 Å². The predicted octanol–water partition coefficient (Wildman–Crippen LogP) is 5.74. The summed E-state index contributed by atoms with van der Waals surface area (Å²) in [6, 6.07) is 8.90. The van der Waals surface area contributed by atoms with Crippen LogP contribution in [-0.4, -0.2) is 54.7 Å². The molecule has 1 N–H and O–H groups in total. The summed E-state index contributed by atoms with van der Waals surface area (Å²) < 4.78 is 17.3. The molecule has 1 saturated heterocycles. The molecule has 0 bridgehead atoms. The van der Waals surface area contributed by atoms with Gasteiger partial charge in [-0.25, -0.2) is 0 Å². The summed E-state index contributed by atoms with van der Waals surface area (Å²) in [4.78, 5) is 15.3. The third kappa shape index (κ3) is 6.25. The Morgan fingerprint density at radius 2 is 1.94 bits per heavy atom. The van der Waals surface area contributed by atoms with E-state index in [1.54, 1.807) is 31.4 Å². The SMILES string of the molecule is COc1ccc(/C=C/C(=O)c2ccc3c(c2O)C=CC(C)(C)O3)cc1OCCCN1CCCCC1. The van der Waals surface area contributed by atoms with Gasteiger partial charge < -0.3 is 24.2 Å². The molecule has 2 aromatic rings. The molecule has 0 aromatic heterocycles. The molecule has 186 valence electrons. The number of ketones is 1. The largest absolute Gasteiger partial charge is 0.506 e. The number of phenols is 1. The van der Waals surface area contributed by atoms with Crippen LogP contribution in [0.25, 0.3) is 12.2 Å². The van der Waals surface area contributed by atoms with E-state index in [1.807, 2.05) is 38.1 Å². The topological polar surface area (TPSA) is 68.2 Å². The Hall–Kier alpha value is -3.25. The van der Waals surface area contributed by atoms with Gasteiger partial charge in [0, 0.05) is 6.54 Å². The van der Waals surface area contributed by atoms with Crippen molar-refractivity contribution in [3.8, 4) is 23.0 Å². The first-order valence-corrected chi connectivity index (χ1v) is 12.4. The fourth-order valence-electron chi connectivity index (χ4n) is 4.46. The number of methoxy groups -OCH3 is 1. The van der Waals surface area contributed by atoms with Crippen molar-refractivity contribution in [2.75, 3.05) is 33.4 Å². The number of ether oxygens (including phenoxy) is 3. The fraction of sp³-hybridized carbons (Fsp3) is 0.414. The molecule has 2 heterocycles. The maximum Gasteiger partial charge on any atom is 0.189 e. The number of rotatable bonds is 9. The molecular formula is C29H35NO5. The predicted molar refractivity (Wildman–Crippen MR) is 139 cm³/mol. The summed E-state index contributed by atoms with van der Waals surface area (Å²) in [5.74, 6) is 1.52. The van der Waals surface area contributed by atoms with Crippen molar-refractivity contribution >= 4 is 17.9 Å². The van der Waals surface area contributed by atoms with E-state index in [9.17, 15) is 9.90 Å². The highest BCUT2D eigenvalue weighted by atomic mass is 16.5. The first-order valence-electron chi connectivity index (χ1n) is 12.4. The monoisotopic (exact) mass is 477 g/mol. The molecule has 1 fully saturated rings. The first kappa shape index (κ1) is 24.9. The van der Waals surface area contributed by atoms with Crippen LogP contribution < -0.4 is 14.2 Å². The molecule has 0 radical (unpaired) electrons. The Kier molecular flexibility index (Phi) is 7.81. The van der Waals surface area contributed by atoms with Crippen molar-refractivity contribution in [2.45, 2.75) is 45.1 Å². The summed E-state index contributed by atoms with van der Waals surface area (Å²) in [6.07, 6.45) is 11.7. The van der Waals surface area contributed by atoms with Crippen LogP contribution in [0.1, 0.15) is 61.0 Å². The Morgan fingerprint density at radius 1 is 1.14 bits per heavy atom. The lowest BCUT2D eigenvalue weighted by atomic mass is 9.98. The zero-order valence-corrected chi connectivity index (χ0v) is 20.9. The molecule has 6 nitrogen and oxygen atoms in total. The van der Waals surface area contributed by atoms with Gasteiger partial charge >= 0.3 is 0 Å². The summed E-state index contributed by atoms with van der Waals surface area (Å²) in [7, 11) is 1.62. The molecule has 4 rings (SSSR count). The second-order valence-corrected chi connectivity index (χ2v) is 9.62. The number of benzene rings is 2. The van der Waals surface area contributed by atoms with Gasteiger partial charge in [-0.05, 0) is 94.3 Å². The lowest BCUT2D eigenvalue weighted by molar-refractivity contribution is 0.104. The highest BCUT2D eigenvalue weighted by molar-refractivity contribution is 6.09. The third-order valence-corrected chi connectivity index (χ3v) is 6.41. The third-order valence-electron chi connectivity index (χ3n) is 6.41. The highest BCUT2D eigenvalue weighted by Gasteiger charge is 2.25. The van der Waals surface area contributed by atoms with Crippen LogP contribution in [0, 0.1) is 0 Å². The van der Waals surface area contributed by atoms with E-state index in [0.29, 0.717) is 29.4 Å².